The molecule has 2 aromatic heterocycles. The summed E-state index contributed by atoms with van der Waals surface area (Å²) in [6, 6.07) is 5.31. The minimum Gasteiger partial charge on any atom is -0.441 e. The SMILES string of the molecule is Cc1nc2cc(C(=O)N3C[C@@H](CO)[C@H](c4cnn(C)c4)C3)ccc2o1. The lowest BCUT2D eigenvalue weighted by molar-refractivity contribution is 0.0781. The third-order valence-corrected chi connectivity index (χ3v) is 4.86. The van der Waals surface area contributed by atoms with Crippen molar-refractivity contribution in [3.05, 3.63) is 47.6 Å². The number of aryl methyl sites for hydroxylation is 2. The Morgan fingerprint density at radius 1 is 1.40 bits per heavy atom. The summed E-state index contributed by atoms with van der Waals surface area (Å²) in [6.45, 7) is 2.94. The molecule has 3 heterocycles. The lowest BCUT2D eigenvalue weighted by Gasteiger charge is -2.16. The zero-order valence-electron chi connectivity index (χ0n) is 14.2. The van der Waals surface area contributed by atoms with Gasteiger partial charge in [-0.3, -0.25) is 9.48 Å². The molecule has 1 aromatic carbocycles. The highest BCUT2D eigenvalue weighted by molar-refractivity contribution is 5.97. The van der Waals surface area contributed by atoms with Crippen molar-refractivity contribution in [1.29, 1.82) is 0 Å². The van der Waals surface area contributed by atoms with Crippen LogP contribution in [0.15, 0.2) is 35.0 Å². The Morgan fingerprint density at radius 3 is 2.96 bits per heavy atom. The number of amides is 1. The zero-order chi connectivity index (χ0) is 17.6. The van der Waals surface area contributed by atoms with E-state index in [4.69, 9.17) is 4.42 Å². The minimum absolute atomic E-state index is 0.0196. The van der Waals surface area contributed by atoms with E-state index in [1.165, 1.54) is 0 Å². The molecule has 0 aliphatic carbocycles. The summed E-state index contributed by atoms with van der Waals surface area (Å²) in [6.07, 6.45) is 3.76. The maximum Gasteiger partial charge on any atom is 0.253 e. The van der Waals surface area contributed by atoms with Crippen LogP contribution in [0.4, 0.5) is 0 Å². The predicted octanol–water partition coefficient (Wildman–Crippen LogP) is 1.72. The number of oxazole rings is 1. The summed E-state index contributed by atoms with van der Waals surface area (Å²) in [4.78, 5) is 19.0. The van der Waals surface area contributed by atoms with Gasteiger partial charge in [0.2, 0.25) is 0 Å². The maximum atomic E-state index is 12.9. The second-order valence-corrected chi connectivity index (χ2v) is 6.62. The first-order valence-electron chi connectivity index (χ1n) is 8.31. The molecule has 1 N–H and O–H groups in total. The average molecular weight is 340 g/mol. The summed E-state index contributed by atoms with van der Waals surface area (Å²) in [7, 11) is 1.87. The topological polar surface area (TPSA) is 84.4 Å². The van der Waals surface area contributed by atoms with Crippen LogP contribution >= 0.6 is 0 Å². The van der Waals surface area contributed by atoms with Crippen molar-refractivity contribution in [3.63, 3.8) is 0 Å². The molecule has 1 amide bonds. The molecule has 1 aliphatic heterocycles. The van der Waals surface area contributed by atoms with Crippen LogP contribution in [0, 0.1) is 12.8 Å². The van der Waals surface area contributed by atoms with Gasteiger partial charge in [-0.2, -0.15) is 5.10 Å². The van der Waals surface area contributed by atoms with Gasteiger partial charge in [-0.25, -0.2) is 4.98 Å². The predicted molar refractivity (Wildman–Crippen MR) is 91.2 cm³/mol. The summed E-state index contributed by atoms with van der Waals surface area (Å²) in [5, 5.41) is 13.9. The molecule has 7 heteroatoms. The van der Waals surface area contributed by atoms with Crippen molar-refractivity contribution in [3.8, 4) is 0 Å². The van der Waals surface area contributed by atoms with Crippen molar-refractivity contribution in [2.75, 3.05) is 19.7 Å². The summed E-state index contributed by atoms with van der Waals surface area (Å²) in [5.74, 6) is 0.650. The fourth-order valence-electron chi connectivity index (χ4n) is 3.59. The van der Waals surface area contributed by atoms with E-state index in [0.717, 1.165) is 5.56 Å². The molecule has 1 saturated heterocycles. The molecule has 7 nitrogen and oxygen atoms in total. The third kappa shape index (κ3) is 2.80. The van der Waals surface area contributed by atoms with Crippen LogP contribution in [0.3, 0.4) is 0 Å². The minimum atomic E-state index is -0.0487. The standard InChI is InChI=1S/C18H20N4O3/c1-11-20-16-5-12(3-4-17(16)25-11)18(24)22-8-14(10-23)15(9-22)13-6-19-21(2)7-13/h3-7,14-15,23H,8-10H2,1-2H3/t14-,15-/m0/s1. The number of hydrogen-bond acceptors (Lipinski definition) is 5. The van der Waals surface area contributed by atoms with E-state index >= 15 is 0 Å². The van der Waals surface area contributed by atoms with E-state index in [0.29, 0.717) is 35.6 Å². The molecule has 0 spiro atoms. The van der Waals surface area contributed by atoms with Crippen molar-refractivity contribution in [2.45, 2.75) is 12.8 Å². The number of carbonyl (C=O) groups excluding carboxylic acids is 1. The van der Waals surface area contributed by atoms with E-state index in [9.17, 15) is 9.90 Å². The Labute approximate surface area is 144 Å². The van der Waals surface area contributed by atoms with Gasteiger partial charge in [0.1, 0.15) is 5.52 Å². The Bertz CT molecular complexity index is 929. The van der Waals surface area contributed by atoms with Gasteiger partial charge in [0.05, 0.1) is 6.20 Å². The van der Waals surface area contributed by atoms with Gasteiger partial charge < -0.3 is 14.4 Å². The van der Waals surface area contributed by atoms with E-state index in [1.807, 2.05) is 19.4 Å². The van der Waals surface area contributed by atoms with Crippen molar-refractivity contribution in [1.82, 2.24) is 19.7 Å². The Morgan fingerprint density at radius 2 is 2.24 bits per heavy atom. The quantitative estimate of drug-likeness (QED) is 0.785. The van der Waals surface area contributed by atoms with E-state index in [-0.39, 0.29) is 24.3 Å². The highest BCUT2D eigenvalue weighted by Gasteiger charge is 2.36. The molecule has 0 saturated carbocycles. The molecule has 0 radical (unpaired) electrons. The number of aliphatic hydroxyl groups excluding tert-OH is 1. The van der Waals surface area contributed by atoms with Crippen LogP contribution in [0.5, 0.6) is 0 Å². The first-order valence-corrected chi connectivity index (χ1v) is 8.31. The summed E-state index contributed by atoms with van der Waals surface area (Å²) < 4.78 is 7.21. The van der Waals surface area contributed by atoms with Crippen LogP contribution in [0.1, 0.15) is 27.7 Å². The molecular weight excluding hydrogens is 320 g/mol. The first-order chi connectivity index (χ1) is 12.0. The van der Waals surface area contributed by atoms with Gasteiger partial charge in [0, 0.05) is 57.3 Å². The second-order valence-electron chi connectivity index (χ2n) is 6.62. The largest absolute Gasteiger partial charge is 0.441 e. The van der Waals surface area contributed by atoms with Gasteiger partial charge >= 0.3 is 0 Å². The second kappa shape index (κ2) is 6.00. The Balaban J connectivity index is 1.59. The Hall–Kier alpha value is -2.67. The lowest BCUT2D eigenvalue weighted by atomic mass is 9.92. The molecule has 3 aromatic rings. The monoisotopic (exact) mass is 340 g/mol. The average Bonchev–Trinajstić information content (AvgIpc) is 3.29. The fraction of sp³-hybridized carbons (Fsp3) is 0.389. The molecule has 0 unspecified atom stereocenters. The van der Waals surface area contributed by atoms with E-state index in [1.54, 1.807) is 34.7 Å². The number of nitrogens with zero attached hydrogens (tertiary/aromatic N) is 4. The maximum absolute atomic E-state index is 12.9. The number of carbonyl (C=O) groups is 1. The first kappa shape index (κ1) is 15.8. The number of fused-ring (bicyclic) bond motifs is 1. The summed E-state index contributed by atoms with van der Waals surface area (Å²) in [5.41, 5.74) is 3.01. The van der Waals surface area contributed by atoms with E-state index in [2.05, 4.69) is 10.1 Å². The molecule has 2 atom stereocenters. The molecule has 1 aliphatic rings. The van der Waals surface area contributed by atoms with Crippen molar-refractivity contribution in [2.24, 2.45) is 13.0 Å². The third-order valence-electron chi connectivity index (χ3n) is 4.86. The highest BCUT2D eigenvalue weighted by Crippen LogP contribution is 2.33. The smallest absolute Gasteiger partial charge is 0.253 e. The highest BCUT2D eigenvalue weighted by atomic mass is 16.3. The van der Waals surface area contributed by atoms with Crippen LogP contribution in [0.25, 0.3) is 11.1 Å². The number of likely N-dealkylation sites (tertiary alicyclic amines) is 1. The fourth-order valence-corrected chi connectivity index (χ4v) is 3.59. The molecule has 25 heavy (non-hydrogen) atoms. The zero-order valence-corrected chi connectivity index (χ0v) is 14.2. The summed E-state index contributed by atoms with van der Waals surface area (Å²) >= 11 is 0. The van der Waals surface area contributed by atoms with Gasteiger partial charge in [-0.05, 0) is 23.8 Å². The van der Waals surface area contributed by atoms with Gasteiger partial charge in [-0.15, -0.1) is 0 Å². The van der Waals surface area contributed by atoms with E-state index < -0.39 is 0 Å². The molecule has 1 fully saturated rings. The van der Waals surface area contributed by atoms with Crippen LogP contribution < -0.4 is 0 Å². The molecule has 4 rings (SSSR count). The van der Waals surface area contributed by atoms with Gasteiger partial charge in [0.25, 0.3) is 5.91 Å². The van der Waals surface area contributed by atoms with Crippen molar-refractivity contribution >= 4 is 17.0 Å². The lowest BCUT2D eigenvalue weighted by Crippen LogP contribution is -2.29. The van der Waals surface area contributed by atoms with Crippen LogP contribution in [0.2, 0.25) is 0 Å². The normalized spacial score (nSPS) is 20.5. The van der Waals surface area contributed by atoms with Gasteiger partial charge in [-0.1, -0.05) is 0 Å². The Kier molecular flexibility index (Phi) is 3.80. The number of rotatable bonds is 3. The molecule has 0 bridgehead atoms. The van der Waals surface area contributed by atoms with Crippen molar-refractivity contribution < 1.29 is 14.3 Å². The molecular formula is C18H20N4O3. The molecule has 130 valence electrons. The number of benzene rings is 1. The number of hydrogen-bond donors (Lipinski definition) is 1. The van der Waals surface area contributed by atoms with Gasteiger partial charge in [0.15, 0.2) is 11.5 Å². The number of aromatic nitrogens is 3. The number of aliphatic hydroxyl groups is 1. The van der Waals surface area contributed by atoms with Crippen LogP contribution in [-0.2, 0) is 7.05 Å². The van der Waals surface area contributed by atoms with Crippen LogP contribution in [-0.4, -0.2) is 50.4 Å².